The highest BCUT2D eigenvalue weighted by atomic mass is 32.2. The van der Waals surface area contributed by atoms with E-state index in [1.807, 2.05) is 28.6 Å². The van der Waals surface area contributed by atoms with Crippen LogP contribution in [0.15, 0.2) is 18.6 Å². The lowest BCUT2D eigenvalue weighted by Gasteiger charge is -2.21. The molecule has 102 valence electrons. The number of imidazole rings is 1. The Morgan fingerprint density at radius 2 is 2.42 bits per heavy atom. The molecule has 1 aliphatic heterocycles. The maximum Gasteiger partial charge on any atom is 0.180 e. The fourth-order valence-corrected chi connectivity index (χ4v) is 3.54. The lowest BCUT2D eigenvalue weighted by atomic mass is 10.2. The van der Waals surface area contributed by atoms with Gasteiger partial charge in [-0.1, -0.05) is 6.42 Å². The van der Waals surface area contributed by atoms with E-state index in [1.54, 1.807) is 6.20 Å². The Morgan fingerprint density at radius 1 is 1.47 bits per heavy atom. The molecule has 4 N–H and O–H groups in total. The van der Waals surface area contributed by atoms with Crippen LogP contribution in [0.5, 0.6) is 0 Å². The zero-order chi connectivity index (χ0) is 13.1. The van der Waals surface area contributed by atoms with Crippen LogP contribution in [0.25, 0.3) is 5.65 Å². The van der Waals surface area contributed by atoms with E-state index in [4.69, 9.17) is 5.84 Å². The fourth-order valence-electron chi connectivity index (χ4n) is 2.30. The van der Waals surface area contributed by atoms with Crippen LogP contribution >= 0.6 is 11.8 Å². The highest BCUT2D eigenvalue weighted by Crippen LogP contribution is 2.25. The highest BCUT2D eigenvalue weighted by molar-refractivity contribution is 7.99. The van der Waals surface area contributed by atoms with Crippen LogP contribution in [0.4, 0.5) is 11.6 Å². The predicted molar refractivity (Wildman–Crippen MR) is 79.4 cm³/mol. The molecule has 0 radical (unpaired) electrons. The Kier molecular flexibility index (Phi) is 3.74. The second kappa shape index (κ2) is 5.66. The number of nitrogens with two attached hydrogens (primary N) is 1. The van der Waals surface area contributed by atoms with Gasteiger partial charge in [0.2, 0.25) is 0 Å². The summed E-state index contributed by atoms with van der Waals surface area (Å²) in [6.07, 6.45) is 9.42. The zero-order valence-corrected chi connectivity index (χ0v) is 11.5. The molecule has 1 aliphatic rings. The number of nitrogens with one attached hydrogen (secondary N) is 2. The van der Waals surface area contributed by atoms with Crippen molar-refractivity contribution >= 4 is 29.0 Å². The summed E-state index contributed by atoms with van der Waals surface area (Å²) >= 11 is 2.04. The summed E-state index contributed by atoms with van der Waals surface area (Å²) in [5, 5.41) is 4.07. The zero-order valence-electron chi connectivity index (χ0n) is 10.7. The molecule has 0 aromatic carbocycles. The first-order valence-corrected chi connectivity index (χ1v) is 7.57. The Morgan fingerprint density at radius 3 is 3.21 bits per heavy atom. The van der Waals surface area contributed by atoms with Gasteiger partial charge in [-0.2, -0.15) is 11.8 Å². The molecule has 0 aliphatic carbocycles. The summed E-state index contributed by atoms with van der Waals surface area (Å²) in [6.45, 7) is 0.925. The minimum Gasteiger partial charge on any atom is -0.366 e. The van der Waals surface area contributed by atoms with E-state index in [-0.39, 0.29) is 0 Å². The third kappa shape index (κ3) is 2.76. The summed E-state index contributed by atoms with van der Waals surface area (Å²) in [6, 6.07) is 0. The maximum atomic E-state index is 5.44. The molecule has 0 saturated carbocycles. The Labute approximate surface area is 116 Å². The Bertz CT molecular complexity index is 548. The molecule has 7 heteroatoms. The van der Waals surface area contributed by atoms with Crippen LogP contribution < -0.4 is 16.6 Å². The van der Waals surface area contributed by atoms with Gasteiger partial charge in [-0.05, 0) is 18.6 Å². The van der Waals surface area contributed by atoms with Crippen molar-refractivity contribution in [1.82, 2.24) is 14.4 Å². The molecule has 0 spiro atoms. The number of rotatable bonds is 4. The standard InChI is InChI=1S/C12H18N6S/c13-17-10-8-18-5-4-14-12(18)11(16-10)15-7-9-3-1-2-6-19-9/h4-5,8-9,17H,1-3,6-7,13H2,(H,15,16). The molecule has 2 aromatic heterocycles. The molecule has 1 saturated heterocycles. The monoisotopic (exact) mass is 278 g/mol. The molecule has 19 heavy (non-hydrogen) atoms. The summed E-state index contributed by atoms with van der Waals surface area (Å²) in [7, 11) is 0. The molecular formula is C12H18N6S. The van der Waals surface area contributed by atoms with E-state index in [9.17, 15) is 0 Å². The molecule has 2 aromatic rings. The van der Waals surface area contributed by atoms with E-state index in [0.717, 1.165) is 18.0 Å². The van der Waals surface area contributed by atoms with Crippen LogP contribution in [-0.2, 0) is 0 Å². The van der Waals surface area contributed by atoms with Crippen molar-refractivity contribution in [3.63, 3.8) is 0 Å². The first-order valence-electron chi connectivity index (χ1n) is 6.52. The van der Waals surface area contributed by atoms with Crippen molar-refractivity contribution < 1.29 is 0 Å². The number of hydrogen-bond acceptors (Lipinski definition) is 6. The van der Waals surface area contributed by atoms with Crippen LogP contribution in [0, 0.1) is 0 Å². The summed E-state index contributed by atoms with van der Waals surface area (Å²) in [5.74, 6) is 8.12. The molecule has 3 heterocycles. The van der Waals surface area contributed by atoms with Gasteiger partial charge in [0, 0.05) is 24.2 Å². The molecule has 6 nitrogen and oxygen atoms in total. The van der Waals surface area contributed by atoms with Crippen molar-refractivity contribution in [3.8, 4) is 0 Å². The van der Waals surface area contributed by atoms with Gasteiger partial charge in [-0.15, -0.1) is 0 Å². The Hall–Kier alpha value is -1.47. The van der Waals surface area contributed by atoms with Gasteiger partial charge in [0.25, 0.3) is 0 Å². The second-order valence-corrected chi connectivity index (χ2v) is 6.05. The third-order valence-corrected chi connectivity index (χ3v) is 4.69. The molecule has 1 atom stereocenters. The third-order valence-electron chi connectivity index (χ3n) is 3.29. The predicted octanol–water partition coefficient (Wildman–Crippen LogP) is 1.71. The van der Waals surface area contributed by atoms with Crippen molar-refractivity contribution in [2.24, 2.45) is 5.84 Å². The van der Waals surface area contributed by atoms with E-state index < -0.39 is 0 Å². The van der Waals surface area contributed by atoms with Crippen LogP contribution in [0.2, 0.25) is 0 Å². The number of hydrazine groups is 1. The van der Waals surface area contributed by atoms with Crippen LogP contribution in [0.1, 0.15) is 19.3 Å². The molecule has 1 fully saturated rings. The molecule has 0 amide bonds. The van der Waals surface area contributed by atoms with Gasteiger partial charge in [-0.25, -0.2) is 15.8 Å². The number of aromatic nitrogens is 3. The molecular weight excluding hydrogens is 260 g/mol. The minimum absolute atomic E-state index is 0.629. The van der Waals surface area contributed by atoms with Crippen molar-refractivity contribution in [1.29, 1.82) is 0 Å². The van der Waals surface area contributed by atoms with E-state index in [2.05, 4.69) is 20.7 Å². The van der Waals surface area contributed by atoms with E-state index in [0.29, 0.717) is 11.1 Å². The lowest BCUT2D eigenvalue weighted by Crippen LogP contribution is -2.21. The number of hydrogen-bond donors (Lipinski definition) is 3. The van der Waals surface area contributed by atoms with Crippen molar-refractivity contribution in [2.45, 2.75) is 24.5 Å². The summed E-state index contributed by atoms with van der Waals surface area (Å²) in [5.41, 5.74) is 3.42. The maximum absolute atomic E-state index is 5.44. The van der Waals surface area contributed by atoms with Gasteiger partial charge in [-0.3, -0.25) is 0 Å². The summed E-state index contributed by atoms with van der Waals surface area (Å²) in [4.78, 5) is 8.76. The van der Waals surface area contributed by atoms with Gasteiger partial charge in [0.15, 0.2) is 17.3 Å². The van der Waals surface area contributed by atoms with E-state index in [1.165, 1.54) is 25.0 Å². The fraction of sp³-hybridized carbons (Fsp3) is 0.500. The van der Waals surface area contributed by atoms with E-state index >= 15 is 0 Å². The lowest BCUT2D eigenvalue weighted by molar-refractivity contribution is 0.677. The van der Waals surface area contributed by atoms with Crippen molar-refractivity contribution in [2.75, 3.05) is 23.0 Å². The number of nitrogen functional groups attached to an aromatic ring is 1. The van der Waals surface area contributed by atoms with Gasteiger partial charge < -0.3 is 15.1 Å². The second-order valence-electron chi connectivity index (χ2n) is 4.65. The average Bonchev–Trinajstić information content (AvgIpc) is 2.94. The first-order chi connectivity index (χ1) is 9.36. The number of thioether (sulfide) groups is 1. The van der Waals surface area contributed by atoms with Gasteiger partial charge >= 0.3 is 0 Å². The molecule has 3 rings (SSSR count). The minimum atomic E-state index is 0.629. The topological polar surface area (TPSA) is 80.3 Å². The summed E-state index contributed by atoms with van der Waals surface area (Å²) < 4.78 is 1.92. The number of fused-ring (bicyclic) bond motifs is 1. The van der Waals surface area contributed by atoms with Crippen LogP contribution in [-0.4, -0.2) is 31.9 Å². The highest BCUT2D eigenvalue weighted by Gasteiger charge is 2.15. The smallest absolute Gasteiger partial charge is 0.180 e. The Balaban J connectivity index is 1.77. The van der Waals surface area contributed by atoms with Gasteiger partial charge in [0.1, 0.15) is 0 Å². The number of nitrogens with zero attached hydrogens (tertiary/aromatic N) is 3. The van der Waals surface area contributed by atoms with Gasteiger partial charge in [0.05, 0.1) is 6.20 Å². The largest absolute Gasteiger partial charge is 0.366 e. The number of anilines is 2. The SMILES string of the molecule is NNc1cn2ccnc2c(NCC2CCCCS2)n1. The van der Waals surface area contributed by atoms with Crippen molar-refractivity contribution in [3.05, 3.63) is 18.6 Å². The molecule has 1 unspecified atom stereocenters. The van der Waals surface area contributed by atoms with Crippen LogP contribution in [0.3, 0.4) is 0 Å². The average molecular weight is 278 g/mol. The molecule has 0 bridgehead atoms. The quantitative estimate of drug-likeness (QED) is 0.583. The normalized spacial score (nSPS) is 19.5. The first kappa shape index (κ1) is 12.6.